The molecule has 1 amide bonds. The van der Waals surface area contributed by atoms with Crippen molar-refractivity contribution in [2.75, 3.05) is 6.61 Å². The van der Waals surface area contributed by atoms with Crippen molar-refractivity contribution in [3.63, 3.8) is 0 Å². The third-order valence-electron chi connectivity index (χ3n) is 5.47. The molecule has 5 atom stereocenters. The highest BCUT2D eigenvalue weighted by atomic mass is 16.5. The third-order valence-corrected chi connectivity index (χ3v) is 5.47. The number of aliphatic carboxylic acids is 1. The first kappa shape index (κ1) is 23.3. The van der Waals surface area contributed by atoms with E-state index >= 15 is 0 Å². The van der Waals surface area contributed by atoms with Gasteiger partial charge in [0.2, 0.25) is 11.7 Å². The van der Waals surface area contributed by atoms with Crippen molar-refractivity contribution < 1.29 is 39.9 Å². The van der Waals surface area contributed by atoms with Crippen LogP contribution < -0.4 is 5.32 Å². The molecular formula is C20H31NO8. The fourth-order valence-corrected chi connectivity index (χ4v) is 3.94. The van der Waals surface area contributed by atoms with E-state index in [0.29, 0.717) is 5.92 Å². The maximum Gasteiger partial charge on any atom is 0.371 e. The van der Waals surface area contributed by atoms with Gasteiger partial charge in [-0.15, -0.1) is 0 Å². The number of aliphatic hydroxyl groups excluding tert-OH is 4. The summed E-state index contributed by atoms with van der Waals surface area (Å²) in [6, 6.07) is -1.19. The van der Waals surface area contributed by atoms with Gasteiger partial charge in [-0.2, -0.15) is 0 Å². The molecule has 0 aromatic rings. The van der Waals surface area contributed by atoms with E-state index in [-0.39, 0.29) is 12.0 Å². The summed E-state index contributed by atoms with van der Waals surface area (Å²) < 4.78 is 5.42. The van der Waals surface area contributed by atoms with Crippen molar-refractivity contribution in [3.05, 3.63) is 23.5 Å². The Morgan fingerprint density at radius 3 is 2.45 bits per heavy atom. The number of carbonyl (C=O) groups is 2. The van der Waals surface area contributed by atoms with Crippen molar-refractivity contribution >= 4 is 11.9 Å². The van der Waals surface area contributed by atoms with Gasteiger partial charge in [0.15, 0.2) is 6.10 Å². The van der Waals surface area contributed by atoms with Gasteiger partial charge < -0.3 is 35.6 Å². The Morgan fingerprint density at radius 1 is 1.24 bits per heavy atom. The van der Waals surface area contributed by atoms with E-state index in [1.807, 2.05) is 6.08 Å². The molecule has 0 aromatic carbocycles. The van der Waals surface area contributed by atoms with Crippen LogP contribution in [-0.4, -0.2) is 74.5 Å². The van der Waals surface area contributed by atoms with Gasteiger partial charge in [0.05, 0.1) is 12.6 Å². The smallest absolute Gasteiger partial charge is 0.371 e. The number of nitrogens with one attached hydrogen (secondary N) is 1. The number of allylic oxidation sites excluding steroid dienone is 2. The number of carbonyl (C=O) groups excluding carboxylic acids is 1. The van der Waals surface area contributed by atoms with Gasteiger partial charge in [-0.1, -0.05) is 31.4 Å². The zero-order valence-electron chi connectivity index (χ0n) is 16.5. The van der Waals surface area contributed by atoms with Crippen LogP contribution in [0.1, 0.15) is 45.4 Å². The second-order valence-corrected chi connectivity index (χ2v) is 7.68. The Hall–Kier alpha value is -1.94. The second-order valence-electron chi connectivity index (χ2n) is 7.68. The molecule has 1 saturated carbocycles. The van der Waals surface area contributed by atoms with E-state index in [1.54, 1.807) is 6.08 Å². The van der Waals surface area contributed by atoms with Gasteiger partial charge in [-0.05, 0) is 25.2 Å². The van der Waals surface area contributed by atoms with E-state index < -0.39 is 54.7 Å². The second kappa shape index (κ2) is 10.7. The normalized spacial score (nSPS) is 28.1. The summed E-state index contributed by atoms with van der Waals surface area (Å²) in [4.78, 5) is 23.3. The average molecular weight is 413 g/mol. The first-order chi connectivity index (χ1) is 13.8. The zero-order chi connectivity index (χ0) is 21.6. The van der Waals surface area contributed by atoms with Gasteiger partial charge in [-0.25, -0.2) is 4.79 Å². The SMILES string of the molecule is CC(=O)N[C@@H]1[C@@H](O)C(CC=CC2CCCCC2)=C(C(=O)O)O[C@H]1C(O)C(O)CO. The number of hydrogen-bond donors (Lipinski definition) is 6. The van der Waals surface area contributed by atoms with Crippen molar-refractivity contribution in [1.82, 2.24) is 5.32 Å². The van der Waals surface area contributed by atoms with E-state index in [4.69, 9.17) is 9.84 Å². The van der Waals surface area contributed by atoms with Crippen LogP contribution in [-0.2, 0) is 14.3 Å². The molecule has 2 rings (SSSR count). The molecule has 29 heavy (non-hydrogen) atoms. The lowest BCUT2D eigenvalue weighted by atomic mass is 9.86. The minimum atomic E-state index is -1.72. The maximum atomic E-state index is 11.7. The van der Waals surface area contributed by atoms with Crippen LogP contribution in [0.4, 0.5) is 0 Å². The Bertz CT molecular complexity index is 640. The Labute approximate surface area is 169 Å². The zero-order valence-corrected chi connectivity index (χ0v) is 16.5. The molecule has 2 unspecified atom stereocenters. The molecule has 2 aliphatic rings. The predicted octanol–water partition coefficient (Wildman–Crippen LogP) is -0.170. The number of rotatable bonds is 8. The number of aliphatic hydroxyl groups is 4. The number of hydrogen-bond acceptors (Lipinski definition) is 7. The summed E-state index contributed by atoms with van der Waals surface area (Å²) in [7, 11) is 0. The van der Waals surface area contributed by atoms with Crippen LogP contribution in [0.25, 0.3) is 0 Å². The molecule has 0 bridgehead atoms. The van der Waals surface area contributed by atoms with Gasteiger partial charge in [0.25, 0.3) is 0 Å². The molecule has 1 heterocycles. The van der Waals surface area contributed by atoms with Crippen LogP contribution in [0.3, 0.4) is 0 Å². The maximum absolute atomic E-state index is 11.7. The van der Waals surface area contributed by atoms with Gasteiger partial charge in [0, 0.05) is 12.5 Å². The quantitative estimate of drug-likeness (QED) is 0.300. The minimum Gasteiger partial charge on any atom is -0.478 e. The third kappa shape index (κ3) is 6.02. The van der Waals surface area contributed by atoms with Crippen LogP contribution in [0.2, 0.25) is 0 Å². The molecule has 9 nitrogen and oxygen atoms in total. The fourth-order valence-electron chi connectivity index (χ4n) is 3.94. The molecule has 164 valence electrons. The van der Waals surface area contributed by atoms with E-state index in [9.17, 15) is 30.0 Å². The lowest BCUT2D eigenvalue weighted by Crippen LogP contribution is -2.61. The molecule has 0 aromatic heterocycles. The summed E-state index contributed by atoms with van der Waals surface area (Å²) in [5.41, 5.74) is 0.0743. The Balaban J connectivity index is 2.28. The highest BCUT2D eigenvalue weighted by Gasteiger charge is 2.46. The standard InChI is InChI=1S/C20H31NO8/c1-11(23)21-15-16(25)13(9-5-8-12-6-3-2-4-7-12)18(20(27)28)29-19(15)17(26)14(24)10-22/h5,8,12,14-17,19,22,24-26H,2-4,6-7,9-10H2,1H3,(H,21,23)(H,27,28)/t14?,15-,16+,17?,19-/m1/s1. The van der Waals surface area contributed by atoms with Crippen LogP contribution in [0.15, 0.2) is 23.5 Å². The lowest BCUT2D eigenvalue weighted by molar-refractivity contribution is -0.150. The summed E-state index contributed by atoms with van der Waals surface area (Å²) >= 11 is 0. The van der Waals surface area contributed by atoms with E-state index in [1.165, 1.54) is 13.3 Å². The molecule has 1 aliphatic heterocycles. The summed E-state index contributed by atoms with van der Waals surface area (Å²) in [6.45, 7) is 0.407. The van der Waals surface area contributed by atoms with Gasteiger partial charge in [-0.3, -0.25) is 4.79 Å². The first-order valence-corrected chi connectivity index (χ1v) is 9.98. The highest BCUT2D eigenvalue weighted by molar-refractivity contribution is 5.86. The molecule has 1 fully saturated rings. The molecule has 0 radical (unpaired) electrons. The summed E-state index contributed by atoms with van der Waals surface area (Å²) in [5, 5.41) is 51.9. The topological polar surface area (TPSA) is 157 Å². The predicted molar refractivity (Wildman–Crippen MR) is 103 cm³/mol. The van der Waals surface area contributed by atoms with Crippen LogP contribution in [0.5, 0.6) is 0 Å². The largest absolute Gasteiger partial charge is 0.478 e. The lowest BCUT2D eigenvalue weighted by Gasteiger charge is -2.40. The average Bonchev–Trinajstić information content (AvgIpc) is 2.69. The number of carboxylic acids is 1. The Morgan fingerprint density at radius 2 is 1.90 bits per heavy atom. The molecule has 6 N–H and O–H groups in total. The highest BCUT2D eigenvalue weighted by Crippen LogP contribution is 2.31. The van der Waals surface area contributed by atoms with Crippen LogP contribution >= 0.6 is 0 Å². The first-order valence-electron chi connectivity index (χ1n) is 9.98. The van der Waals surface area contributed by atoms with E-state index in [2.05, 4.69) is 5.32 Å². The number of carboxylic acid groups (broad SMARTS) is 1. The van der Waals surface area contributed by atoms with Crippen molar-refractivity contribution in [2.45, 2.75) is 75.9 Å². The number of amides is 1. The van der Waals surface area contributed by atoms with Crippen molar-refractivity contribution in [1.29, 1.82) is 0 Å². The van der Waals surface area contributed by atoms with E-state index in [0.717, 1.165) is 25.7 Å². The van der Waals surface area contributed by atoms with Crippen molar-refractivity contribution in [3.8, 4) is 0 Å². The van der Waals surface area contributed by atoms with Crippen LogP contribution in [0, 0.1) is 5.92 Å². The fraction of sp³-hybridized carbons (Fsp3) is 0.700. The Kier molecular flexibility index (Phi) is 8.63. The van der Waals surface area contributed by atoms with Gasteiger partial charge >= 0.3 is 5.97 Å². The minimum absolute atomic E-state index is 0.0743. The van der Waals surface area contributed by atoms with Crippen molar-refractivity contribution in [2.24, 2.45) is 5.92 Å². The monoisotopic (exact) mass is 413 g/mol. The molecular weight excluding hydrogens is 382 g/mol. The molecule has 9 heteroatoms. The molecule has 1 aliphatic carbocycles. The molecule has 0 spiro atoms. The van der Waals surface area contributed by atoms with Gasteiger partial charge in [0.1, 0.15) is 18.3 Å². The number of ether oxygens (including phenoxy) is 1. The summed E-state index contributed by atoms with van der Waals surface area (Å²) in [6.07, 6.45) is 3.34. The summed E-state index contributed by atoms with van der Waals surface area (Å²) in [5.74, 6) is -2.06. The molecule has 0 saturated heterocycles.